The summed E-state index contributed by atoms with van der Waals surface area (Å²) in [7, 11) is 0. The van der Waals surface area contributed by atoms with Crippen LogP contribution in [0.2, 0.25) is 0 Å². The molecule has 2 unspecified atom stereocenters. The van der Waals surface area contributed by atoms with Crippen molar-refractivity contribution in [1.29, 1.82) is 0 Å². The Hall–Kier alpha value is -1.10. The first kappa shape index (κ1) is 8.23. The van der Waals surface area contributed by atoms with E-state index in [1.54, 1.807) is 0 Å². The fourth-order valence-electron chi connectivity index (χ4n) is 2.49. The molecule has 0 spiro atoms. The lowest BCUT2D eigenvalue weighted by molar-refractivity contribution is 0.397. The van der Waals surface area contributed by atoms with E-state index in [0.717, 1.165) is 18.3 Å². The average Bonchev–Trinajstić information content (AvgIpc) is 2.75. The lowest BCUT2D eigenvalue weighted by atomic mass is 9.95. The van der Waals surface area contributed by atoms with Crippen molar-refractivity contribution in [2.24, 2.45) is 11.8 Å². The molecule has 3 N–H and O–H groups in total. The predicted molar refractivity (Wildman–Crippen MR) is 50.8 cm³/mol. The Balaban J connectivity index is 1.85. The van der Waals surface area contributed by atoms with Crippen LogP contribution >= 0.6 is 0 Å². The third-order valence-corrected chi connectivity index (χ3v) is 3.31. The van der Waals surface area contributed by atoms with Crippen LogP contribution in [0.4, 0.5) is 0 Å². The lowest BCUT2D eigenvalue weighted by Crippen LogP contribution is -2.21. The highest BCUT2D eigenvalue weighted by Crippen LogP contribution is 2.45. The summed E-state index contributed by atoms with van der Waals surface area (Å²) < 4.78 is 0. The van der Waals surface area contributed by atoms with Crippen LogP contribution in [-0.4, -0.2) is 21.7 Å². The molecule has 0 aromatic carbocycles. The van der Waals surface area contributed by atoms with Crippen molar-refractivity contribution in [1.82, 2.24) is 20.5 Å². The van der Waals surface area contributed by atoms with Crippen molar-refractivity contribution < 1.29 is 0 Å². The molecule has 1 saturated carbocycles. The first-order valence-corrected chi connectivity index (χ1v) is 5.22. The van der Waals surface area contributed by atoms with Gasteiger partial charge in [-0.05, 0) is 37.6 Å². The van der Waals surface area contributed by atoms with Crippen molar-refractivity contribution in [3.63, 3.8) is 0 Å². The molecule has 0 radical (unpaired) electrons. The number of hydrogen-bond donors (Lipinski definition) is 3. The smallest absolute Gasteiger partial charge is 0.307 e. The first-order chi connectivity index (χ1) is 6.84. The zero-order valence-electron chi connectivity index (χ0n) is 7.92. The largest absolute Gasteiger partial charge is 0.340 e. The Morgan fingerprint density at radius 3 is 2.79 bits per heavy atom. The summed E-state index contributed by atoms with van der Waals surface area (Å²) >= 11 is 0. The van der Waals surface area contributed by atoms with Gasteiger partial charge < -0.3 is 5.32 Å². The fraction of sp³-hybridized carbons (Fsp3) is 0.778. The molecule has 2 atom stereocenters. The van der Waals surface area contributed by atoms with Crippen molar-refractivity contribution in [2.75, 3.05) is 6.54 Å². The molecule has 3 rings (SSSR count). The van der Waals surface area contributed by atoms with Gasteiger partial charge in [-0.25, -0.2) is 9.89 Å². The maximum Gasteiger partial charge on any atom is 0.340 e. The van der Waals surface area contributed by atoms with Gasteiger partial charge in [-0.2, -0.15) is 5.10 Å². The molecular weight excluding hydrogens is 180 g/mol. The maximum absolute atomic E-state index is 10.9. The van der Waals surface area contributed by atoms with Gasteiger partial charge >= 0.3 is 5.69 Å². The highest BCUT2D eigenvalue weighted by molar-refractivity contribution is 5.03. The second kappa shape index (κ2) is 2.95. The monoisotopic (exact) mass is 194 g/mol. The fourth-order valence-corrected chi connectivity index (χ4v) is 2.49. The van der Waals surface area contributed by atoms with Crippen LogP contribution in [0.5, 0.6) is 0 Å². The molecule has 2 heterocycles. The van der Waals surface area contributed by atoms with Crippen LogP contribution in [0.1, 0.15) is 31.1 Å². The third-order valence-electron chi connectivity index (χ3n) is 3.31. The number of H-pyrrole nitrogens is 2. The van der Waals surface area contributed by atoms with Gasteiger partial charge in [0.1, 0.15) is 5.82 Å². The molecule has 1 aromatic rings. The summed E-state index contributed by atoms with van der Waals surface area (Å²) in [5.41, 5.74) is -0.205. The zero-order valence-corrected chi connectivity index (χ0v) is 7.92. The topological polar surface area (TPSA) is 73.6 Å². The van der Waals surface area contributed by atoms with Gasteiger partial charge in [-0.3, -0.25) is 4.98 Å². The van der Waals surface area contributed by atoms with E-state index < -0.39 is 0 Å². The molecule has 0 amide bonds. The number of aromatic nitrogens is 3. The van der Waals surface area contributed by atoms with E-state index in [1.165, 1.54) is 19.3 Å². The molecule has 1 aromatic heterocycles. The minimum absolute atomic E-state index is 0.205. The van der Waals surface area contributed by atoms with Crippen molar-refractivity contribution in [2.45, 2.75) is 25.3 Å². The summed E-state index contributed by atoms with van der Waals surface area (Å²) in [5, 5.41) is 9.83. The Kier molecular flexibility index (Phi) is 1.73. The van der Waals surface area contributed by atoms with E-state index in [2.05, 4.69) is 20.5 Å². The minimum atomic E-state index is -0.205. The zero-order chi connectivity index (χ0) is 9.54. The number of hydrogen-bond acceptors (Lipinski definition) is 3. The number of nitrogens with one attached hydrogen (secondary N) is 3. The van der Waals surface area contributed by atoms with Crippen molar-refractivity contribution >= 4 is 0 Å². The summed E-state index contributed by atoms with van der Waals surface area (Å²) in [5.74, 6) is 2.31. The second-order valence-corrected chi connectivity index (χ2v) is 4.28. The van der Waals surface area contributed by atoms with Crippen molar-refractivity contribution in [3.8, 4) is 0 Å². The Labute approximate surface area is 81.3 Å². The highest BCUT2D eigenvalue weighted by Gasteiger charge is 2.41. The van der Waals surface area contributed by atoms with Crippen LogP contribution in [0.25, 0.3) is 0 Å². The second-order valence-electron chi connectivity index (χ2n) is 4.28. The van der Waals surface area contributed by atoms with E-state index >= 15 is 0 Å². The maximum atomic E-state index is 10.9. The van der Waals surface area contributed by atoms with Gasteiger partial charge in [0.05, 0.1) is 6.04 Å². The van der Waals surface area contributed by atoms with E-state index in [0.29, 0.717) is 5.92 Å². The molecule has 1 aliphatic heterocycles. The van der Waals surface area contributed by atoms with Crippen molar-refractivity contribution in [3.05, 3.63) is 16.3 Å². The van der Waals surface area contributed by atoms with Gasteiger partial charge in [0.2, 0.25) is 0 Å². The molecular formula is C9H14N4O. The molecule has 76 valence electrons. The standard InChI is InChI=1S/C9H14N4O/c14-9-11-8(12-13-9)7-6(3-4-10-7)5-1-2-5/h5-7,10H,1-4H2,(H2,11,12,13,14). The quantitative estimate of drug-likeness (QED) is 0.627. The summed E-state index contributed by atoms with van der Waals surface area (Å²) in [4.78, 5) is 13.7. The van der Waals surface area contributed by atoms with Crippen LogP contribution in [0, 0.1) is 11.8 Å². The Bertz CT molecular complexity index is 378. The van der Waals surface area contributed by atoms with Gasteiger partial charge in [-0.15, -0.1) is 0 Å². The van der Waals surface area contributed by atoms with Crippen LogP contribution in [-0.2, 0) is 0 Å². The van der Waals surface area contributed by atoms with Gasteiger partial charge in [0.25, 0.3) is 0 Å². The van der Waals surface area contributed by atoms with Crippen LogP contribution in [0.15, 0.2) is 4.79 Å². The van der Waals surface area contributed by atoms with E-state index in [-0.39, 0.29) is 11.7 Å². The van der Waals surface area contributed by atoms with Gasteiger partial charge in [-0.1, -0.05) is 0 Å². The molecule has 14 heavy (non-hydrogen) atoms. The molecule has 1 aliphatic carbocycles. The third kappa shape index (κ3) is 1.28. The van der Waals surface area contributed by atoms with Gasteiger partial charge in [0, 0.05) is 0 Å². The molecule has 0 bridgehead atoms. The number of nitrogens with zero attached hydrogens (tertiary/aromatic N) is 1. The Morgan fingerprint density at radius 2 is 2.14 bits per heavy atom. The average molecular weight is 194 g/mol. The molecule has 5 heteroatoms. The summed E-state index contributed by atoms with van der Waals surface area (Å²) in [6, 6.07) is 0.265. The molecule has 2 fully saturated rings. The van der Waals surface area contributed by atoms with Crippen LogP contribution in [0.3, 0.4) is 0 Å². The van der Waals surface area contributed by atoms with Gasteiger partial charge in [0.15, 0.2) is 0 Å². The highest BCUT2D eigenvalue weighted by atomic mass is 16.1. The van der Waals surface area contributed by atoms with E-state index in [4.69, 9.17) is 0 Å². The minimum Gasteiger partial charge on any atom is -0.307 e. The van der Waals surface area contributed by atoms with Crippen LogP contribution < -0.4 is 11.0 Å². The van der Waals surface area contributed by atoms with E-state index in [1.807, 2.05) is 0 Å². The molecule has 1 saturated heterocycles. The lowest BCUT2D eigenvalue weighted by Gasteiger charge is -2.15. The number of aromatic amines is 2. The summed E-state index contributed by atoms with van der Waals surface area (Å²) in [6.45, 7) is 1.04. The molecule has 2 aliphatic rings. The number of rotatable bonds is 2. The summed E-state index contributed by atoms with van der Waals surface area (Å²) in [6.07, 6.45) is 3.90. The first-order valence-electron chi connectivity index (χ1n) is 5.22. The Morgan fingerprint density at radius 1 is 1.29 bits per heavy atom. The molecule has 5 nitrogen and oxygen atoms in total. The normalized spacial score (nSPS) is 32.3. The SMILES string of the molecule is O=c1[nH]nc(C2NCCC2C2CC2)[nH]1. The predicted octanol–water partition coefficient (Wildman–Crippen LogP) is 0.159. The van der Waals surface area contributed by atoms with E-state index in [9.17, 15) is 4.79 Å².